The first-order chi connectivity index (χ1) is 7.87. The van der Waals surface area contributed by atoms with Crippen molar-refractivity contribution in [3.63, 3.8) is 0 Å². The van der Waals surface area contributed by atoms with E-state index in [0.717, 1.165) is 4.47 Å². The van der Waals surface area contributed by atoms with E-state index in [9.17, 15) is 4.79 Å². The van der Waals surface area contributed by atoms with Crippen molar-refractivity contribution in [2.45, 2.75) is 45.1 Å². The number of rotatable bonds is 2. The van der Waals surface area contributed by atoms with Crippen LogP contribution in [0.4, 0.5) is 0 Å². The van der Waals surface area contributed by atoms with E-state index in [1.165, 1.54) is 18.4 Å². The Labute approximate surface area is 110 Å². The zero-order chi connectivity index (χ0) is 12.6. The molecule has 1 aliphatic carbocycles. The maximum atomic E-state index is 11.9. The van der Waals surface area contributed by atoms with E-state index < -0.39 is 5.60 Å². The van der Waals surface area contributed by atoms with Gasteiger partial charge in [0.05, 0.1) is 0 Å². The van der Waals surface area contributed by atoms with Gasteiger partial charge in [-0.1, -0.05) is 0 Å². The number of aromatic nitrogens is 1. The fraction of sp³-hybridized carbons (Fsp3) is 0.538. The molecular formula is C13H16BrNO2. The lowest BCUT2D eigenvalue weighted by Crippen LogP contribution is -2.24. The highest BCUT2D eigenvalue weighted by molar-refractivity contribution is 9.10. The van der Waals surface area contributed by atoms with Crippen LogP contribution in [0.15, 0.2) is 16.7 Å². The Morgan fingerprint density at radius 1 is 1.47 bits per heavy atom. The molecule has 4 heteroatoms. The molecule has 1 heterocycles. The average molecular weight is 298 g/mol. The van der Waals surface area contributed by atoms with Crippen LogP contribution in [0.2, 0.25) is 0 Å². The fourth-order valence-electron chi connectivity index (χ4n) is 1.60. The quantitative estimate of drug-likeness (QED) is 0.782. The Hall–Kier alpha value is -0.900. The molecule has 1 aromatic rings. The predicted octanol–water partition coefficient (Wildman–Crippen LogP) is 3.68. The van der Waals surface area contributed by atoms with Crippen molar-refractivity contribution in [2.24, 2.45) is 0 Å². The monoisotopic (exact) mass is 297 g/mol. The van der Waals surface area contributed by atoms with Crippen molar-refractivity contribution < 1.29 is 9.53 Å². The molecule has 0 radical (unpaired) electrons. The zero-order valence-corrected chi connectivity index (χ0v) is 11.9. The molecule has 92 valence electrons. The molecule has 1 fully saturated rings. The standard InChI is InChI=1S/C13H16BrNO2/c1-13(2,3)17-12(16)11-6-9(8-4-5-8)10(14)7-15-11/h6-8H,4-5H2,1-3H3. The van der Waals surface area contributed by atoms with E-state index in [0.29, 0.717) is 11.6 Å². The molecule has 0 aromatic carbocycles. The molecule has 3 nitrogen and oxygen atoms in total. The summed E-state index contributed by atoms with van der Waals surface area (Å²) in [6.07, 6.45) is 4.07. The number of pyridine rings is 1. The highest BCUT2D eigenvalue weighted by atomic mass is 79.9. The Morgan fingerprint density at radius 2 is 2.12 bits per heavy atom. The molecule has 1 saturated carbocycles. The molecule has 0 saturated heterocycles. The Morgan fingerprint density at radius 3 is 2.65 bits per heavy atom. The summed E-state index contributed by atoms with van der Waals surface area (Å²) in [5.41, 5.74) is 1.08. The van der Waals surface area contributed by atoms with E-state index in [2.05, 4.69) is 20.9 Å². The number of nitrogens with zero attached hydrogens (tertiary/aromatic N) is 1. The summed E-state index contributed by atoms with van der Waals surface area (Å²) in [5.74, 6) is 0.223. The minimum absolute atomic E-state index is 0.355. The number of halogens is 1. The van der Waals surface area contributed by atoms with Crippen LogP contribution in [0.1, 0.15) is 55.6 Å². The van der Waals surface area contributed by atoms with E-state index in [1.54, 1.807) is 6.20 Å². The van der Waals surface area contributed by atoms with Crippen molar-refractivity contribution in [3.05, 3.63) is 28.0 Å². The predicted molar refractivity (Wildman–Crippen MR) is 69.1 cm³/mol. The molecule has 0 spiro atoms. The lowest BCUT2D eigenvalue weighted by Gasteiger charge is -2.19. The minimum Gasteiger partial charge on any atom is -0.455 e. The third-order valence-electron chi connectivity index (χ3n) is 2.51. The van der Waals surface area contributed by atoms with Gasteiger partial charge in [-0.15, -0.1) is 0 Å². The van der Waals surface area contributed by atoms with Crippen LogP contribution >= 0.6 is 15.9 Å². The zero-order valence-electron chi connectivity index (χ0n) is 10.3. The second-order valence-electron chi connectivity index (χ2n) is 5.37. The van der Waals surface area contributed by atoms with Crippen LogP contribution in [0, 0.1) is 0 Å². The Bertz CT molecular complexity index is 447. The number of ether oxygens (including phenoxy) is 1. The largest absolute Gasteiger partial charge is 0.455 e. The first kappa shape index (κ1) is 12.6. The minimum atomic E-state index is -0.481. The van der Waals surface area contributed by atoms with Crippen LogP contribution in [-0.2, 0) is 4.74 Å². The van der Waals surface area contributed by atoms with Gasteiger partial charge in [0.1, 0.15) is 11.3 Å². The van der Waals surface area contributed by atoms with Crippen LogP contribution in [0.5, 0.6) is 0 Å². The summed E-state index contributed by atoms with van der Waals surface area (Å²) >= 11 is 3.47. The van der Waals surface area contributed by atoms with Gasteiger partial charge < -0.3 is 4.74 Å². The van der Waals surface area contributed by atoms with E-state index in [-0.39, 0.29) is 5.97 Å². The lowest BCUT2D eigenvalue weighted by atomic mass is 10.1. The summed E-state index contributed by atoms with van der Waals surface area (Å²) in [4.78, 5) is 16.0. The number of esters is 1. The van der Waals surface area contributed by atoms with Crippen molar-refractivity contribution >= 4 is 21.9 Å². The summed E-state index contributed by atoms with van der Waals surface area (Å²) in [5, 5.41) is 0. The van der Waals surface area contributed by atoms with Crippen molar-refractivity contribution in [3.8, 4) is 0 Å². The molecule has 1 aromatic heterocycles. The van der Waals surface area contributed by atoms with Crippen LogP contribution in [0.25, 0.3) is 0 Å². The molecule has 1 aliphatic rings. The van der Waals surface area contributed by atoms with Crippen molar-refractivity contribution in [2.75, 3.05) is 0 Å². The summed E-state index contributed by atoms with van der Waals surface area (Å²) in [6, 6.07) is 1.84. The molecule has 0 amide bonds. The normalized spacial score (nSPS) is 15.8. The molecule has 0 bridgehead atoms. The smallest absolute Gasteiger partial charge is 0.357 e. The van der Waals surface area contributed by atoms with Gasteiger partial charge in [-0.25, -0.2) is 9.78 Å². The van der Waals surface area contributed by atoms with Gasteiger partial charge >= 0.3 is 5.97 Å². The van der Waals surface area contributed by atoms with Gasteiger partial charge in [0.15, 0.2) is 0 Å². The second kappa shape index (κ2) is 4.41. The van der Waals surface area contributed by atoms with Gasteiger partial charge in [0.25, 0.3) is 0 Å². The Balaban J connectivity index is 2.21. The maximum Gasteiger partial charge on any atom is 0.357 e. The SMILES string of the molecule is CC(C)(C)OC(=O)c1cc(C2CC2)c(Br)cn1. The van der Waals surface area contributed by atoms with Crippen LogP contribution in [-0.4, -0.2) is 16.6 Å². The number of carbonyl (C=O) groups is 1. The second-order valence-corrected chi connectivity index (χ2v) is 6.22. The Kier molecular flexibility index (Phi) is 3.25. The molecule has 0 aliphatic heterocycles. The molecular weight excluding hydrogens is 282 g/mol. The third kappa shape index (κ3) is 3.28. The van der Waals surface area contributed by atoms with Crippen molar-refractivity contribution in [1.29, 1.82) is 0 Å². The highest BCUT2D eigenvalue weighted by Crippen LogP contribution is 2.43. The van der Waals surface area contributed by atoms with E-state index in [4.69, 9.17) is 4.74 Å². The number of carbonyl (C=O) groups excluding carboxylic acids is 1. The van der Waals surface area contributed by atoms with Crippen LogP contribution in [0.3, 0.4) is 0 Å². The summed E-state index contributed by atoms with van der Waals surface area (Å²) in [7, 11) is 0. The van der Waals surface area contributed by atoms with Crippen LogP contribution < -0.4 is 0 Å². The maximum absolute atomic E-state index is 11.9. The molecule has 0 N–H and O–H groups in total. The van der Waals surface area contributed by atoms with Gasteiger partial charge in [0.2, 0.25) is 0 Å². The first-order valence-electron chi connectivity index (χ1n) is 5.75. The fourth-order valence-corrected chi connectivity index (χ4v) is 2.14. The summed E-state index contributed by atoms with van der Waals surface area (Å²) < 4.78 is 6.28. The number of hydrogen-bond acceptors (Lipinski definition) is 3. The van der Waals surface area contributed by atoms with Gasteiger partial charge in [-0.2, -0.15) is 0 Å². The third-order valence-corrected chi connectivity index (χ3v) is 3.17. The van der Waals surface area contributed by atoms with E-state index in [1.807, 2.05) is 26.8 Å². The topological polar surface area (TPSA) is 39.2 Å². The average Bonchev–Trinajstić information content (AvgIpc) is 2.99. The van der Waals surface area contributed by atoms with Gasteiger partial charge in [0, 0.05) is 10.7 Å². The first-order valence-corrected chi connectivity index (χ1v) is 6.55. The molecule has 17 heavy (non-hydrogen) atoms. The molecule has 0 atom stereocenters. The lowest BCUT2D eigenvalue weighted by molar-refractivity contribution is 0.00627. The molecule has 0 unspecified atom stereocenters. The summed E-state index contributed by atoms with van der Waals surface area (Å²) in [6.45, 7) is 5.56. The molecule has 2 rings (SSSR count). The van der Waals surface area contributed by atoms with Crippen molar-refractivity contribution in [1.82, 2.24) is 4.98 Å². The highest BCUT2D eigenvalue weighted by Gasteiger charge is 2.27. The number of hydrogen-bond donors (Lipinski definition) is 0. The van der Waals surface area contributed by atoms with Gasteiger partial charge in [-0.3, -0.25) is 0 Å². The van der Waals surface area contributed by atoms with Gasteiger partial charge in [-0.05, 0) is 67.1 Å². The van der Waals surface area contributed by atoms with E-state index >= 15 is 0 Å².